The number of rotatable bonds is 1. The highest BCUT2D eigenvalue weighted by molar-refractivity contribution is 5.99. The van der Waals surface area contributed by atoms with Crippen LogP contribution in [0.15, 0.2) is 60.8 Å². The molecule has 2 aromatic carbocycles. The molecular weight excluding hydrogens is 290 g/mol. The molecular formula is C18H15N3O2. The Hall–Kier alpha value is -3.21. The molecule has 5 nitrogen and oxygen atoms in total. The molecule has 0 unspecified atom stereocenters. The van der Waals surface area contributed by atoms with Crippen molar-refractivity contribution >= 4 is 28.4 Å². The topological polar surface area (TPSA) is 85.1 Å². The maximum atomic E-state index is 10.8. The van der Waals surface area contributed by atoms with Gasteiger partial charge in [-0.25, -0.2) is 0 Å². The molecule has 0 bridgehead atoms. The zero-order valence-electron chi connectivity index (χ0n) is 12.3. The van der Waals surface area contributed by atoms with Gasteiger partial charge in [0.05, 0.1) is 11.9 Å². The number of carbonyl (C=O) groups excluding carboxylic acids is 2. The number of para-hydroxylation sites is 1. The fourth-order valence-corrected chi connectivity index (χ4v) is 2.39. The first-order chi connectivity index (χ1) is 11.1. The molecule has 0 aliphatic carbocycles. The van der Waals surface area contributed by atoms with Gasteiger partial charge in [-0.2, -0.15) is 0 Å². The molecule has 0 fully saturated rings. The smallest absolute Gasteiger partial charge is 0.248 e. The van der Waals surface area contributed by atoms with Gasteiger partial charge in [0, 0.05) is 22.8 Å². The van der Waals surface area contributed by atoms with Crippen molar-refractivity contribution in [1.29, 1.82) is 0 Å². The maximum Gasteiger partial charge on any atom is 0.248 e. The second kappa shape index (κ2) is 6.27. The number of aromatic nitrogens is 1. The van der Waals surface area contributed by atoms with Crippen LogP contribution >= 0.6 is 0 Å². The largest absolute Gasteiger partial charge is 0.366 e. The first kappa shape index (κ1) is 14.7. The summed E-state index contributed by atoms with van der Waals surface area (Å²) in [5.41, 5.74) is 8.60. The first-order valence-corrected chi connectivity index (χ1v) is 7.16. The molecule has 0 radical (unpaired) electrons. The molecule has 23 heavy (non-hydrogen) atoms. The van der Waals surface area contributed by atoms with E-state index in [4.69, 9.17) is 5.73 Å². The second-order valence-electron chi connectivity index (χ2n) is 5.16. The van der Waals surface area contributed by atoms with Crippen molar-refractivity contribution in [3.63, 3.8) is 0 Å². The zero-order chi connectivity index (χ0) is 16.2. The Morgan fingerprint density at radius 2 is 1.91 bits per heavy atom. The Morgan fingerprint density at radius 1 is 1.09 bits per heavy atom. The van der Waals surface area contributed by atoms with Crippen molar-refractivity contribution in [3.8, 4) is 0 Å². The SMILES string of the molecule is NC(=O)c1ccc2ncccc2c1.O=C1Cc2ccccc2N1. The van der Waals surface area contributed by atoms with Crippen LogP contribution in [0.2, 0.25) is 0 Å². The summed E-state index contributed by atoms with van der Waals surface area (Å²) in [6.45, 7) is 0. The molecule has 0 saturated carbocycles. The lowest BCUT2D eigenvalue weighted by Crippen LogP contribution is -2.10. The summed E-state index contributed by atoms with van der Waals surface area (Å²) < 4.78 is 0. The van der Waals surface area contributed by atoms with Crippen LogP contribution in [0.4, 0.5) is 5.69 Å². The Morgan fingerprint density at radius 3 is 2.70 bits per heavy atom. The zero-order valence-corrected chi connectivity index (χ0v) is 12.3. The fraction of sp³-hybridized carbons (Fsp3) is 0.0556. The lowest BCUT2D eigenvalue weighted by Gasteiger charge is -1.98. The van der Waals surface area contributed by atoms with Crippen LogP contribution < -0.4 is 11.1 Å². The standard InChI is InChI=1S/C10H8N2O.C8H7NO/c11-10(13)8-3-4-9-7(6-8)2-1-5-12-9;10-8-5-6-3-1-2-4-7(6)9-8/h1-6H,(H2,11,13);1-4H,5H2,(H,9,10). The molecule has 3 aromatic rings. The van der Waals surface area contributed by atoms with Gasteiger partial charge in [0.1, 0.15) is 0 Å². The van der Waals surface area contributed by atoms with Gasteiger partial charge in [0.15, 0.2) is 0 Å². The highest BCUT2D eigenvalue weighted by atomic mass is 16.2. The molecule has 114 valence electrons. The average molecular weight is 305 g/mol. The number of fused-ring (bicyclic) bond motifs is 2. The van der Waals surface area contributed by atoms with Crippen LogP contribution in [0.5, 0.6) is 0 Å². The van der Waals surface area contributed by atoms with Gasteiger partial charge >= 0.3 is 0 Å². The summed E-state index contributed by atoms with van der Waals surface area (Å²) in [7, 11) is 0. The number of hydrogen-bond acceptors (Lipinski definition) is 3. The van der Waals surface area contributed by atoms with Crippen molar-refractivity contribution in [3.05, 3.63) is 71.9 Å². The summed E-state index contributed by atoms with van der Waals surface area (Å²) in [5, 5.41) is 3.69. The van der Waals surface area contributed by atoms with Crippen LogP contribution in [-0.4, -0.2) is 16.8 Å². The third-order valence-electron chi connectivity index (χ3n) is 3.53. The van der Waals surface area contributed by atoms with E-state index in [1.54, 1.807) is 24.4 Å². The summed E-state index contributed by atoms with van der Waals surface area (Å²) >= 11 is 0. The molecule has 1 aromatic heterocycles. The van der Waals surface area contributed by atoms with Gasteiger partial charge in [0.2, 0.25) is 11.8 Å². The van der Waals surface area contributed by atoms with E-state index in [-0.39, 0.29) is 5.91 Å². The Bertz CT molecular complexity index is 863. The molecule has 2 amide bonds. The van der Waals surface area contributed by atoms with Gasteiger partial charge in [-0.1, -0.05) is 24.3 Å². The number of anilines is 1. The van der Waals surface area contributed by atoms with Gasteiger partial charge in [0.25, 0.3) is 0 Å². The number of nitrogens with one attached hydrogen (secondary N) is 1. The first-order valence-electron chi connectivity index (χ1n) is 7.16. The van der Waals surface area contributed by atoms with Crippen molar-refractivity contribution in [1.82, 2.24) is 4.98 Å². The molecule has 3 N–H and O–H groups in total. The number of nitrogens with zero attached hydrogens (tertiary/aromatic N) is 1. The number of pyridine rings is 1. The molecule has 1 aliphatic rings. The number of nitrogens with two attached hydrogens (primary N) is 1. The predicted molar refractivity (Wildman–Crippen MR) is 89.0 cm³/mol. The summed E-state index contributed by atoms with van der Waals surface area (Å²) in [6.07, 6.45) is 2.25. The van der Waals surface area contributed by atoms with Gasteiger partial charge in [-0.3, -0.25) is 14.6 Å². The summed E-state index contributed by atoms with van der Waals surface area (Å²) in [6, 6.07) is 16.7. The van der Waals surface area contributed by atoms with E-state index in [0.29, 0.717) is 12.0 Å². The highest BCUT2D eigenvalue weighted by Crippen LogP contribution is 2.21. The van der Waals surface area contributed by atoms with Crippen molar-refractivity contribution < 1.29 is 9.59 Å². The molecule has 2 heterocycles. The lowest BCUT2D eigenvalue weighted by atomic mass is 10.1. The summed E-state index contributed by atoms with van der Waals surface area (Å²) in [4.78, 5) is 25.8. The van der Waals surface area contributed by atoms with E-state index in [2.05, 4.69) is 10.3 Å². The van der Waals surface area contributed by atoms with E-state index < -0.39 is 5.91 Å². The third kappa shape index (κ3) is 3.35. The van der Waals surface area contributed by atoms with E-state index in [1.165, 1.54) is 0 Å². The van der Waals surface area contributed by atoms with Gasteiger partial charge < -0.3 is 11.1 Å². The van der Waals surface area contributed by atoms with Crippen LogP contribution in [0.1, 0.15) is 15.9 Å². The Kier molecular flexibility index (Phi) is 4.01. The fourth-order valence-electron chi connectivity index (χ4n) is 2.39. The molecule has 0 saturated heterocycles. The monoisotopic (exact) mass is 305 g/mol. The molecule has 1 aliphatic heterocycles. The molecule has 5 heteroatoms. The minimum Gasteiger partial charge on any atom is -0.366 e. The Labute approximate surface area is 133 Å². The number of hydrogen-bond donors (Lipinski definition) is 2. The van der Waals surface area contributed by atoms with Crippen molar-refractivity contribution in [2.75, 3.05) is 5.32 Å². The number of benzene rings is 2. The lowest BCUT2D eigenvalue weighted by molar-refractivity contribution is -0.115. The van der Waals surface area contributed by atoms with E-state index in [1.807, 2.05) is 36.4 Å². The minimum absolute atomic E-state index is 0.0983. The normalized spacial score (nSPS) is 12.1. The number of carbonyl (C=O) groups is 2. The van der Waals surface area contributed by atoms with Crippen LogP contribution in [0.3, 0.4) is 0 Å². The quantitative estimate of drug-likeness (QED) is 0.724. The second-order valence-corrected chi connectivity index (χ2v) is 5.16. The number of amides is 2. The third-order valence-corrected chi connectivity index (χ3v) is 3.53. The average Bonchev–Trinajstić information content (AvgIpc) is 2.95. The van der Waals surface area contributed by atoms with E-state index in [9.17, 15) is 9.59 Å². The molecule has 4 rings (SSSR count). The van der Waals surface area contributed by atoms with Crippen LogP contribution in [0, 0.1) is 0 Å². The van der Waals surface area contributed by atoms with Gasteiger partial charge in [-0.05, 0) is 35.9 Å². The predicted octanol–water partition coefficient (Wildman–Crippen LogP) is 2.51. The summed E-state index contributed by atoms with van der Waals surface area (Å²) in [5.74, 6) is -0.313. The van der Waals surface area contributed by atoms with Crippen LogP contribution in [0.25, 0.3) is 10.9 Å². The van der Waals surface area contributed by atoms with E-state index in [0.717, 1.165) is 22.2 Å². The van der Waals surface area contributed by atoms with Crippen molar-refractivity contribution in [2.45, 2.75) is 6.42 Å². The van der Waals surface area contributed by atoms with Crippen LogP contribution in [-0.2, 0) is 11.2 Å². The number of primary amides is 1. The molecule has 0 spiro atoms. The Balaban J connectivity index is 0.000000140. The highest BCUT2D eigenvalue weighted by Gasteiger charge is 2.15. The minimum atomic E-state index is -0.411. The van der Waals surface area contributed by atoms with Gasteiger partial charge in [-0.15, -0.1) is 0 Å². The molecule has 0 atom stereocenters. The maximum absolute atomic E-state index is 10.8. The van der Waals surface area contributed by atoms with Crippen molar-refractivity contribution in [2.24, 2.45) is 5.73 Å². The van der Waals surface area contributed by atoms with E-state index >= 15 is 0 Å².